The van der Waals surface area contributed by atoms with E-state index in [0.29, 0.717) is 42.4 Å². The Hall–Kier alpha value is -2.15. The molecule has 2 atom stereocenters. The Kier molecular flexibility index (Phi) is 4.57. The van der Waals surface area contributed by atoms with Crippen LogP contribution in [-0.2, 0) is 11.2 Å². The lowest BCUT2D eigenvalue weighted by atomic mass is 10.0. The first kappa shape index (κ1) is 16.3. The van der Waals surface area contributed by atoms with Gasteiger partial charge in [0.05, 0.1) is 6.26 Å². The van der Waals surface area contributed by atoms with Gasteiger partial charge in [0, 0.05) is 31.5 Å². The van der Waals surface area contributed by atoms with Gasteiger partial charge in [0.2, 0.25) is 17.6 Å². The summed E-state index contributed by atoms with van der Waals surface area (Å²) in [6.07, 6.45) is 7.09. The summed E-state index contributed by atoms with van der Waals surface area (Å²) in [7, 11) is 2.17. The second kappa shape index (κ2) is 7.00. The molecule has 2 saturated heterocycles. The minimum absolute atomic E-state index is 0.195. The maximum Gasteiger partial charge on any atom is 0.238 e. The van der Waals surface area contributed by atoms with Gasteiger partial charge in [0.25, 0.3) is 0 Å². The number of nitrogens with zero attached hydrogens (tertiary/aromatic N) is 4. The van der Waals surface area contributed by atoms with Crippen LogP contribution in [0.1, 0.15) is 38.0 Å². The van der Waals surface area contributed by atoms with Crippen LogP contribution in [0.3, 0.4) is 0 Å². The maximum absolute atomic E-state index is 12.7. The van der Waals surface area contributed by atoms with E-state index in [2.05, 4.69) is 27.0 Å². The van der Waals surface area contributed by atoms with Crippen molar-refractivity contribution in [1.29, 1.82) is 0 Å². The fraction of sp³-hybridized carbons (Fsp3) is 0.611. The Bertz CT molecular complexity index is 712. The predicted octanol–water partition coefficient (Wildman–Crippen LogP) is 2.35. The highest BCUT2D eigenvalue weighted by Crippen LogP contribution is 2.29. The van der Waals surface area contributed by atoms with Crippen LogP contribution in [-0.4, -0.2) is 58.1 Å². The molecule has 2 aromatic rings. The second-order valence-corrected chi connectivity index (χ2v) is 6.98. The molecule has 0 spiro atoms. The molecule has 0 unspecified atom stereocenters. The lowest BCUT2D eigenvalue weighted by molar-refractivity contribution is -0.133. The first-order chi connectivity index (χ1) is 12.2. The molecule has 2 aliphatic rings. The molecule has 25 heavy (non-hydrogen) atoms. The molecule has 2 fully saturated rings. The highest BCUT2D eigenvalue weighted by molar-refractivity contribution is 5.77. The number of amides is 1. The van der Waals surface area contributed by atoms with Crippen molar-refractivity contribution in [3.8, 4) is 11.6 Å². The van der Waals surface area contributed by atoms with E-state index in [9.17, 15) is 4.79 Å². The van der Waals surface area contributed by atoms with Gasteiger partial charge in [-0.25, -0.2) is 0 Å². The molecule has 4 heterocycles. The van der Waals surface area contributed by atoms with Crippen molar-refractivity contribution in [1.82, 2.24) is 19.9 Å². The number of rotatable bonds is 5. The lowest BCUT2D eigenvalue weighted by Crippen LogP contribution is -2.47. The number of aryl methyl sites for hydroxylation is 1. The molecule has 2 aliphatic heterocycles. The molecule has 134 valence electrons. The number of hydrogen-bond donors (Lipinski definition) is 0. The highest BCUT2D eigenvalue weighted by atomic mass is 16.5. The number of hydrogen-bond acceptors (Lipinski definition) is 6. The molecular weight excluding hydrogens is 320 g/mol. The van der Waals surface area contributed by atoms with Crippen LogP contribution < -0.4 is 0 Å². The van der Waals surface area contributed by atoms with Crippen molar-refractivity contribution in [2.45, 2.75) is 50.6 Å². The SMILES string of the molecule is CN1CCC[C@@H]1[C@H]1CCCN1C(=O)CCc1nc(-c2ccco2)no1. The minimum atomic E-state index is 0.195. The average Bonchev–Trinajstić information content (AvgIpc) is 3.37. The number of likely N-dealkylation sites (tertiary alicyclic amines) is 2. The monoisotopic (exact) mass is 344 g/mol. The zero-order chi connectivity index (χ0) is 17.2. The molecule has 0 saturated carbocycles. The standard InChI is InChI=1S/C18H24N4O3/c1-21-10-2-5-13(21)14-6-3-11-22(14)17(23)9-8-16-19-18(20-25-16)15-7-4-12-24-15/h4,7,12-14H,2-3,5-6,8-11H2,1H3/t13-,14-/m1/s1. The van der Waals surface area contributed by atoms with E-state index in [1.54, 1.807) is 18.4 Å². The van der Waals surface area contributed by atoms with E-state index in [0.717, 1.165) is 25.9 Å². The maximum atomic E-state index is 12.7. The quantitative estimate of drug-likeness (QED) is 0.829. The van der Waals surface area contributed by atoms with Crippen molar-refractivity contribution >= 4 is 5.91 Å². The van der Waals surface area contributed by atoms with Gasteiger partial charge in [-0.1, -0.05) is 5.16 Å². The largest absolute Gasteiger partial charge is 0.461 e. The van der Waals surface area contributed by atoms with Crippen LogP contribution in [0.2, 0.25) is 0 Å². The number of likely N-dealkylation sites (N-methyl/N-ethyl adjacent to an activating group) is 1. The predicted molar refractivity (Wildman–Crippen MR) is 90.7 cm³/mol. The number of furan rings is 1. The van der Waals surface area contributed by atoms with Crippen molar-refractivity contribution in [3.05, 3.63) is 24.3 Å². The number of carbonyl (C=O) groups is 1. The number of carbonyl (C=O) groups excluding carboxylic acids is 1. The number of aromatic nitrogens is 2. The topological polar surface area (TPSA) is 75.6 Å². The van der Waals surface area contributed by atoms with Gasteiger partial charge in [-0.15, -0.1) is 0 Å². The fourth-order valence-corrected chi connectivity index (χ4v) is 4.14. The smallest absolute Gasteiger partial charge is 0.238 e. The molecule has 0 bridgehead atoms. The van der Waals surface area contributed by atoms with Gasteiger partial charge >= 0.3 is 0 Å². The van der Waals surface area contributed by atoms with E-state index >= 15 is 0 Å². The molecule has 4 rings (SSSR count). The van der Waals surface area contributed by atoms with E-state index in [-0.39, 0.29) is 5.91 Å². The zero-order valence-corrected chi connectivity index (χ0v) is 14.6. The first-order valence-electron chi connectivity index (χ1n) is 9.08. The molecule has 0 aliphatic carbocycles. The summed E-state index contributed by atoms with van der Waals surface area (Å²) in [6.45, 7) is 2.01. The summed E-state index contributed by atoms with van der Waals surface area (Å²) in [5.41, 5.74) is 0. The molecule has 7 heteroatoms. The summed E-state index contributed by atoms with van der Waals surface area (Å²) >= 11 is 0. The summed E-state index contributed by atoms with van der Waals surface area (Å²) in [6, 6.07) is 4.44. The third-order valence-corrected chi connectivity index (χ3v) is 5.40. The van der Waals surface area contributed by atoms with Gasteiger partial charge in [-0.3, -0.25) is 4.79 Å². The highest BCUT2D eigenvalue weighted by Gasteiger charge is 2.38. The van der Waals surface area contributed by atoms with Crippen LogP contribution >= 0.6 is 0 Å². The fourth-order valence-electron chi connectivity index (χ4n) is 4.14. The van der Waals surface area contributed by atoms with E-state index in [1.165, 1.54) is 12.8 Å². The van der Waals surface area contributed by atoms with Crippen LogP contribution in [0.15, 0.2) is 27.3 Å². The van der Waals surface area contributed by atoms with Crippen molar-refractivity contribution in [2.75, 3.05) is 20.1 Å². The molecule has 0 aromatic carbocycles. The summed E-state index contributed by atoms with van der Waals surface area (Å²) in [4.78, 5) is 21.5. The van der Waals surface area contributed by atoms with Gasteiger partial charge in [0.1, 0.15) is 0 Å². The van der Waals surface area contributed by atoms with Gasteiger partial charge < -0.3 is 18.7 Å². The Morgan fingerprint density at radius 1 is 1.28 bits per heavy atom. The lowest BCUT2D eigenvalue weighted by Gasteiger charge is -2.33. The second-order valence-electron chi connectivity index (χ2n) is 6.98. The average molecular weight is 344 g/mol. The van der Waals surface area contributed by atoms with Crippen molar-refractivity contribution in [3.63, 3.8) is 0 Å². The normalized spacial score (nSPS) is 24.3. The zero-order valence-electron chi connectivity index (χ0n) is 14.6. The molecule has 1 amide bonds. The van der Waals surface area contributed by atoms with Crippen molar-refractivity contribution < 1.29 is 13.7 Å². The van der Waals surface area contributed by atoms with Crippen molar-refractivity contribution in [2.24, 2.45) is 0 Å². The third kappa shape index (κ3) is 3.33. The van der Waals surface area contributed by atoms with Crippen LogP contribution in [0.25, 0.3) is 11.6 Å². The van der Waals surface area contributed by atoms with Crippen LogP contribution in [0.5, 0.6) is 0 Å². The Balaban J connectivity index is 1.35. The summed E-state index contributed by atoms with van der Waals surface area (Å²) < 4.78 is 10.5. The van der Waals surface area contributed by atoms with E-state index in [4.69, 9.17) is 8.94 Å². The third-order valence-electron chi connectivity index (χ3n) is 5.40. The summed E-state index contributed by atoms with van der Waals surface area (Å²) in [5.74, 6) is 1.68. The minimum Gasteiger partial charge on any atom is -0.461 e. The van der Waals surface area contributed by atoms with Crippen LogP contribution in [0, 0.1) is 0 Å². The van der Waals surface area contributed by atoms with E-state index < -0.39 is 0 Å². The molecule has 7 nitrogen and oxygen atoms in total. The molecule has 0 N–H and O–H groups in total. The first-order valence-corrected chi connectivity index (χ1v) is 9.08. The Morgan fingerprint density at radius 3 is 2.88 bits per heavy atom. The Morgan fingerprint density at radius 2 is 2.12 bits per heavy atom. The van der Waals surface area contributed by atoms with Gasteiger partial charge in [-0.2, -0.15) is 4.98 Å². The molecule has 0 radical (unpaired) electrons. The van der Waals surface area contributed by atoms with Gasteiger partial charge in [0.15, 0.2) is 5.76 Å². The van der Waals surface area contributed by atoms with Crippen LogP contribution in [0.4, 0.5) is 0 Å². The summed E-state index contributed by atoms with van der Waals surface area (Å²) in [5, 5.41) is 3.91. The Labute approximate surface area is 147 Å². The van der Waals surface area contributed by atoms with E-state index in [1.807, 2.05) is 0 Å². The molecule has 2 aromatic heterocycles. The van der Waals surface area contributed by atoms with Gasteiger partial charge in [-0.05, 0) is 51.4 Å². The molecular formula is C18H24N4O3.